The van der Waals surface area contributed by atoms with E-state index in [0.717, 1.165) is 4.57 Å². The Bertz CT molecular complexity index is 647. The third-order valence-electron chi connectivity index (χ3n) is 2.27. The van der Waals surface area contributed by atoms with Gasteiger partial charge in [-0.25, -0.2) is 14.3 Å². The minimum absolute atomic E-state index is 0.320. The van der Waals surface area contributed by atoms with Crippen molar-refractivity contribution in [3.8, 4) is 0 Å². The third-order valence-corrected chi connectivity index (χ3v) is 2.27. The highest BCUT2D eigenvalue weighted by atomic mass is 16.4. The number of carbonyl (C=O) groups excluding carboxylic acids is 1. The van der Waals surface area contributed by atoms with Crippen LogP contribution in [0.4, 0.5) is 0 Å². The topological polar surface area (TPSA) is 84.5 Å². The molecule has 6 heteroatoms. The number of ketones is 1. The summed E-state index contributed by atoms with van der Waals surface area (Å²) >= 11 is 0. The quantitative estimate of drug-likeness (QED) is 0.277. The van der Waals surface area contributed by atoms with E-state index >= 15 is 0 Å². The Labute approximate surface area is 102 Å². The molecule has 0 radical (unpaired) electrons. The Hall–Kier alpha value is -2.76. The maximum absolute atomic E-state index is 12.1. The zero-order valence-electron chi connectivity index (χ0n) is 9.22. The van der Waals surface area contributed by atoms with E-state index in [2.05, 4.69) is 10.1 Å². The SMILES string of the molecule is O=C(/C(=N/O)n1cccnc1=O)c1ccccc1. The van der Waals surface area contributed by atoms with Crippen molar-refractivity contribution in [1.82, 2.24) is 9.55 Å². The van der Waals surface area contributed by atoms with Gasteiger partial charge in [0, 0.05) is 18.0 Å². The van der Waals surface area contributed by atoms with Crippen LogP contribution in [0, 0.1) is 0 Å². The number of hydrogen-bond donors (Lipinski definition) is 1. The molecule has 18 heavy (non-hydrogen) atoms. The van der Waals surface area contributed by atoms with E-state index in [0.29, 0.717) is 5.56 Å². The first-order valence-electron chi connectivity index (χ1n) is 5.10. The molecule has 1 heterocycles. The molecule has 0 aliphatic rings. The second kappa shape index (κ2) is 5.05. The normalized spacial score (nSPS) is 11.2. The van der Waals surface area contributed by atoms with Crippen molar-refractivity contribution < 1.29 is 10.0 Å². The van der Waals surface area contributed by atoms with E-state index in [1.807, 2.05) is 0 Å². The van der Waals surface area contributed by atoms with Crippen molar-refractivity contribution in [2.24, 2.45) is 5.16 Å². The van der Waals surface area contributed by atoms with Gasteiger partial charge in [0.05, 0.1) is 0 Å². The van der Waals surface area contributed by atoms with Crippen LogP contribution in [0.1, 0.15) is 10.4 Å². The first-order valence-corrected chi connectivity index (χ1v) is 5.10. The number of hydrogen-bond acceptors (Lipinski definition) is 5. The molecule has 90 valence electrons. The molecule has 0 aliphatic heterocycles. The van der Waals surface area contributed by atoms with Crippen molar-refractivity contribution in [2.75, 3.05) is 0 Å². The second-order valence-corrected chi connectivity index (χ2v) is 3.39. The fourth-order valence-corrected chi connectivity index (χ4v) is 1.44. The first-order chi connectivity index (χ1) is 8.74. The average molecular weight is 243 g/mol. The van der Waals surface area contributed by atoms with E-state index < -0.39 is 11.5 Å². The van der Waals surface area contributed by atoms with Gasteiger partial charge in [-0.3, -0.25) is 4.79 Å². The van der Waals surface area contributed by atoms with Crippen LogP contribution in [0.5, 0.6) is 0 Å². The minimum Gasteiger partial charge on any atom is -0.409 e. The lowest BCUT2D eigenvalue weighted by atomic mass is 10.1. The zero-order valence-corrected chi connectivity index (χ0v) is 9.22. The molecule has 0 atom stereocenters. The van der Waals surface area contributed by atoms with Gasteiger partial charge in [-0.1, -0.05) is 35.5 Å². The summed E-state index contributed by atoms with van der Waals surface area (Å²) in [6.07, 6.45) is 2.60. The molecule has 0 unspecified atom stereocenters. The van der Waals surface area contributed by atoms with Crippen molar-refractivity contribution in [3.05, 3.63) is 64.8 Å². The molecule has 0 spiro atoms. The standard InChI is InChI=1S/C12H9N3O3/c16-10(9-5-2-1-3-6-9)11(14-18)15-8-4-7-13-12(15)17/h1-8,18H/b14-11-. The van der Waals surface area contributed by atoms with Gasteiger partial charge < -0.3 is 5.21 Å². The molecule has 1 aromatic carbocycles. The van der Waals surface area contributed by atoms with E-state index in [-0.39, 0.29) is 5.84 Å². The molecule has 0 fully saturated rings. The Morgan fingerprint density at radius 2 is 1.94 bits per heavy atom. The van der Waals surface area contributed by atoms with Crippen LogP contribution >= 0.6 is 0 Å². The highest BCUT2D eigenvalue weighted by Crippen LogP contribution is 2.02. The van der Waals surface area contributed by atoms with Gasteiger partial charge in [0.15, 0.2) is 0 Å². The number of benzene rings is 1. The summed E-state index contributed by atoms with van der Waals surface area (Å²) in [7, 11) is 0. The molecular weight excluding hydrogens is 234 g/mol. The molecule has 0 aliphatic carbocycles. The van der Waals surface area contributed by atoms with E-state index in [9.17, 15) is 9.59 Å². The van der Waals surface area contributed by atoms with Crippen LogP contribution in [0.15, 0.2) is 58.7 Å². The summed E-state index contributed by atoms with van der Waals surface area (Å²) < 4.78 is 0.884. The number of carbonyl (C=O) groups is 1. The van der Waals surface area contributed by atoms with Crippen molar-refractivity contribution in [3.63, 3.8) is 0 Å². The molecule has 1 N–H and O–H groups in total. The lowest BCUT2D eigenvalue weighted by Crippen LogP contribution is -2.33. The molecule has 0 amide bonds. The van der Waals surface area contributed by atoms with Gasteiger partial charge in [0.1, 0.15) is 0 Å². The maximum Gasteiger partial charge on any atom is 0.353 e. The number of nitrogens with zero attached hydrogens (tertiary/aromatic N) is 3. The van der Waals surface area contributed by atoms with Crippen molar-refractivity contribution >= 4 is 11.6 Å². The van der Waals surface area contributed by atoms with Gasteiger partial charge in [-0.15, -0.1) is 0 Å². The number of aromatic nitrogens is 2. The Kier molecular flexibility index (Phi) is 3.29. The van der Waals surface area contributed by atoms with Gasteiger partial charge in [-0.2, -0.15) is 0 Å². The predicted octanol–water partition coefficient (Wildman–Crippen LogP) is 0.762. The van der Waals surface area contributed by atoms with Gasteiger partial charge in [-0.05, 0) is 6.07 Å². The summed E-state index contributed by atoms with van der Waals surface area (Å²) in [4.78, 5) is 27.0. The molecule has 2 rings (SSSR count). The molecule has 0 saturated heterocycles. The van der Waals surface area contributed by atoms with Crippen LogP contribution in [-0.4, -0.2) is 26.4 Å². The summed E-state index contributed by atoms with van der Waals surface area (Å²) in [6.45, 7) is 0. The Morgan fingerprint density at radius 3 is 2.56 bits per heavy atom. The predicted molar refractivity (Wildman–Crippen MR) is 63.9 cm³/mol. The lowest BCUT2D eigenvalue weighted by molar-refractivity contribution is 0.105. The molecule has 0 bridgehead atoms. The summed E-state index contributed by atoms with van der Waals surface area (Å²) in [5.41, 5.74) is -0.365. The number of oxime groups is 1. The summed E-state index contributed by atoms with van der Waals surface area (Å²) in [6, 6.07) is 9.69. The van der Waals surface area contributed by atoms with Gasteiger partial charge in [0.25, 0.3) is 0 Å². The van der Waals surface area contributed by atoms with Crippen LogP contribution in [0.3, 0.4) is 0 Å². The summed E-state index contributed by atoms with van der Waals surface area (Å²) in [5, 5.41) is 11.8. The fourth-order valence-electron chi connectivity index (χ4n) is 1.44. The first kappa shape index (κ1) is 11.7. The highest BCUT2D eigenvalue weighted by molar-refractivity contribution is 6.45. The highest BCUT2D eigenvalue weighted by Gasteiger charge is 2.17. The van der Waals surface area contributed by atoms with E-state index in [1.165, 1.54) is 18.5 Å². The van der Waals surface area contributed by atoms with Gasteiger partial charge >= 0.3 is 5.69 Å². The molecule has 2 aromatic rings. The Morgan fingerprint density at radius 1 is 1.22 bits per heavy atom. The van der Waals surface area contributed by atoms with Crippen molar-refractivity contribution in [1.29, 1.82) is 0 Å². The summed E-state index contributed by atoms with van der Waals surface area (Å²) in [5.74, 6) is -0.951. The number of Topliss-reactive ketones (excluding diaryl/α,β-unsaturated/α-hetero) is 1. The largest absolute Gasteiger partial charge is 0.409 e. The maximum atomic E-state index is 12.1. The van der Waals surface area contributed by atoms with Crippen LogP contribution < -0.4 is 5.69 Å². The molecule has 1 aromatic heterocycles. The molecule has 0 saturated carbocycles. The van der Waals surface area contributed by atoms with E-state index in [4.69, 9.17) is 5.21 Å². The Balaban J connectivity index is 2.47. The minimum atomic E-state index is -0.686. The smallest absolute Gasteiger partial charge is 0.353 e. The second-order valence-electron chi connectivity index (χ2n) is 3.39. The third kappa shape index (κ3) is 2.17. The van der Waals surface area contributed by atoms with Crippen molar-refractivity contribution in [2.45, 2.75) is 0 Å². The zero-order chi connectivity index (χ0) is 13.0. The molecule has 6 nitrogen and oxygen atoms in total. The van der Waals surface area contributed by atoms with Crippen LogP contribution in [-0.2, 0) is 0 Å². The van der Waals surface area contributed by atoms with Crippen LogP contribution in [0.2, 0.25) is 0 Å². The van der Waals surface area contributed by atoms with Gasteiger partial charge in [0.2, 0.25) is 11.6 Å². The average Bonchev–Trinajstić information content (AvgIpc) is 2.42. The van der Waals surface area contributed by atoms with Crippen LogP contribution in [0.25, 0.3) is 0 Å². The van der Waals surface area contributed by atoms with E-state index in [1.54, 1.807) is 30.3 Å². The fraction of sp³-hybridized carbons (Fsp3) is 0. The molecular formula is C12H9N3O3. The number of rotatable bonds is 2. The lowest BCUT2D eigenvalue weighted by Gasteiger charge is -2.05. The monoisotopic (exact) mass is 243 g/mol.